The highest BCUT2D eigenvalue weighted by Crippen LogP contribution is 2.30. The Morgan fingerprint density at radius 3 is 1.92 bits per heavy atom. The van der Waals surface area contributed by atoms with Crippen molar-refractivity contribution >= 4 is 34.8 Å². The minimum absolute atomic E-state index is 0.255. The molecule has 0 aliphatic carbocycles. The zero-order valence-corrected chi connectivity index (χ0v) is 23.3. The smallest absolute Gasteiger partial charge is 0.410 e. The molecule has 0 spiro atoms. The van der Waals surface area contributed by atoms with Gasteiger partial charge in [0, 0.05) is 42.7 Å². The molecule has 2 aromatic carbocycles. The summed E-state index contributed by atoms with van der Waals surface area (Å²) < 4.78 is 10.8. The van der Waals surface area contributed by atoms with Crippen molar-refractivity contribution in [3.63, 3.8) is 0 Å². The molecule has 9 nitrogen and oxygen atoms in total. The van der Waals surface area contributed by atoms with E-state index < -0.39 is 23.4 Å². The second kappa shape index (κ2) is 11.8. The number of alkyl carbamates (subject to hydrolysis) is 1. The Hall–Kier alpha value is -3.62. The Bertz CT molecular complexity index is 1140. The van der Waals surface area contributed by atoms with Crippen molar-refractivity contribution in [1.82, 2.24) is 15.1 Å². The molecule has 0 unspecified atom stereocenters. The number of hydrogen-bond donors (Lipinski definition) is 1. The average molecular weight is 526 g/mol. The van der Waals surface area contributed by atoms with Gasteiger partial charge in [-0.2, -0.15) is 0 Å². The van der Waals surface area contributed by atoms with Crippen LogP contribution in [0, 0.1) is 0 Å². The highest BCUT2D eigenvalue weighted by atomic mass is 16.6. The number of imide groups is 1. The molecule has 0 radical (unpaired) electrons. The van der Waals surface area contributed by atoms with Crippen LogP contribution >= 0.6 is 0 Å². The Kier molecular flexibility index (Phi) is 9.01. The van der Waals surface area contributed by atoms with E-state index in [-0.39, 0.29) is 18.4 Å². The van der Waals surface area contributed by atoms with E-state index in [2.05, 4.69) is 5.32 Å². The average Bonchev–Trinajstić information content (AvgIpc) is 2.80. The lowest BCUT2D eigenvalue weighted by Gasteiger charge is -2.29. The molecule has 0 atom stereocenters. The van der Waals surface area contributed by atoms with Crippen molar-refractivity contribution < 1.29 is 28.7 Å². The van der Waals surface area contributed by atoms with Gasteiger partial charge < -0.3 is 19.7 Å². The van der Waals surface area contributed by atoms with Crippen LogP contribution < -0.4 is 5.32 Å². The molecule has 1 heterocycles. The van der Waals surface area contributed by atoms with Crippen LogP contribution in [0.1, 0.15) is 81.5 Å². The summed E-state index contributed by atoms with van der Waals surface area (Å²) in [4.78, 5) is 53.8. The van der Waals surface area contributed by atoms with Crippen LogP contribution in [0.3, 0.4) is 0 Å². The molecule has 9 heteroatoms. The van der Waals surface area contributed by atoms with Crippen LogP contribution in [-0.2, 0) is 9.47 Å². The second-order valence-electron chi connectivity index (χ2n) is 11.4. The van der Waals surface area contributed by atoms with Crippen LogP contribution in [0.25, 0.3) is 10.8 Å². The van der Waals surface area contributed by atoms with Gasteiger partial charge in [-0.1, -0.05) is 24.3 Å². The molecule has 0 fully saturated rings. The van der Waals surface area contributed by atoms with Crippen LogP contribution in [-0.4, -0.2) is 71.2 Å². The molecule has 1 aliphatic heterocycles. The van der Waals surface area contributed by atoms with Gasteiger partial charge in [0.25, 0.3) is 11.8 Å². The zero-order valence-electron chi connectivity index (χ0n) is 23.3. The summed E-state index contributed by atoms with van der Waals surface area (Å²) >= 11 is 0. The van der Waals surface area contributed by atoms with Crippen molar-refractivity contribution in [1.29, 1.82) is 0 Å². The fourth-order valence-corrected chi connectivity index (χ4v) is 4.25. The minimum atomic E-state index is -0.648. The fourth-order valence-electron chi connectivity index (χ4n) is 4.25. The summed E-state index contributed by atoms with van der Waals surface area (Å²) in [5, 5.41) is 4.27. The Balaban J connectivity index is 1.55. The number of amides is 4. The SMILES string of the molecule is CC(C)(C)OC(=O)NCCCN(CCCCN1C(=O)c2cccc3cccc(c23)C1=O)C(=O)OC(C)(C)C. The first-order chi connectivity index (χ1) is 17.8. The summed E-state index contributed by atoms with van der Waals surface area (Å²) in [6.07, 6.45) is 0.671. The van der Waals surface area contributed by atoms with E-state index in [0.29, 0.717) is 55.4 Å². The number of carbonyl (C=O) groups excluding carboxylic acids is 4. The molecule has 38 heavy (non-hydrogen) atoms. The molecule has 206 valence electrons. The van der Waals surface area contributed by atoms with E-state index in [9.17, 15) is 19.2 Å². The first kappa shape index (κ1) is 28.9. The van der Waals surface area contributed by atoms with Gasteiger partial charge in [-0.15, -0.1) is 0 Å². The van der Waals surface area contributed by atoms with E-state index in [0.717, 1.165) is 5.39 Å². The molecular formula is C29H39N3O6. The third-order valence-electron chi connectivity index (χ3n) is 5.84. The fraction of sp³-hybridized carbons (Fsp3) is 0.517. The van der Waals surface area contributed by atoms with Gasteiger partial charge in [-0.25, -0.2) is 9.59 Å². The molecule has 0 bridgehead atoms. The molecule has 4 amide bonds. The van der Waals surface area contributed by atoms with Gasteiger partial charge in [0.1, 0.15) is 11.2 Å². The van der Waals surface area contributed by atoms with Crippen LogP contribution in [0.4, 0.5) is 9.59 Å². The highest BCUT2D eigenvalue weighted by Gasteiger charge is 2.32. The van der Waals surface area contributed by atoms with E-state index in [4.69, 9.17) is 9.47 Å². The molecular weight excluding hydrogens is 486 g/mol. The topological polar surface area (TPSA) is 105 Å². The highest BCUT2D eigenvalue weighted by molar-refractivity contribution is 6.25. The third-order valence-corrected chi connectivity index (χ3v) is 5.84. The summed E-state index contributed by atoms with van der Waals surface area (Å²) in [6, 6.07) is 10.9. The van der Waals surface area contributed by atoms with Crippen LogP contribution in [0.15, 0.2) is 36.4 Å². The van der Waals surface area contributed by atoms with Gasteiger partial charge in [0.15, 0.2) is 0 Å². The Morgan fingerprint density at radius 1 is 0.816 bits per heavy atom. The molecule has 1 N–H and O–H groups in total. The quantitative estimate of drug-likeness (QED) is 0.349. The predicted molar refractivity (Wildman–Crippen MR) is 145 cm³/mol. The first-order valence-corrected chi connectivity index (χ1v) is 13.1. The van der Waals surface area contributed by atoms with Crippen molar-refractivity contribution in [2.24, 2.45) is 0 Å². The molecule has 2 aromatic rings. The first-order valence-electron chi connectivity index (χ1n) is 13.1. The van der Waals surface area contributed by atoms with Gasteiger partial charge in [0.05, 0.1) is 0 Å². The molecule has 0 saturated heterocycles. The largest absolute Gasteiger partial charge is 0.444 e. The lowest BCUT2D eigenvalue weighted by Crippen LogP contribution is -2.42. The summed E-state index contributed by atoms with van der Waals surface area (Å²) in [5.74, 6) is -0.590. The summed E-state index contributed by atoms with van der Waals surface area (Å²) in [7, 11) is 0. The summed E-state index contributed by atoms with van der Waals surface area (Å²) in [6.45, 7) is 12.2. The van der Waals surface area contributed by atoms with E-state index >= 15 is 0 Å². The maximum atomic E-state index is 13.1. The monoisotopic (exact) mass is 525 g/mol. The van der Waals surface area contributed by atoms with Crippen molar-refractivity contribution in [3.05, 3.63) is 47.5 Å². The Labute approximate surface area is 224 Å². The third kappa shape index (κ3) is 7.69. The van der Waals surface area contributed by atoms with Gasteiger partial charge in [-0.05, 0) is 78.3 Å². The van der Waals surface area contributed by atoms with Crippen LogP contribution in [0.5, 0.6) is 0 Å². The van der Waals surface area contributed by atoms with E-state index in [1.807, 2.05) is 24.3 Å². The number of unbranched alkanes of at least 4 members (excludes halogenated alkanes) is 1. The standard InChI is InChI=1S/C29H39N3O6/c1-28(2,3)37-26(35)30-16-11-18-31(27(36)38-29(4,5)6)17-7-8-19-32-24(33)21-14-9-12-20-13-10-15-22(23(20)21)25(32)34/h9-10,12-15H,7-8,11,16-19H2,1-6H3,(H,30,35). The Morgan fingerprint density at radius 2 is 1.37 bits per heavy atom. The molecule has 0 aromatic heterocycles. The number of nitrogens with zero attached hydrogens (tertiary/aromatic N) is 2. The minimum Gasteiger partial charge on any atom is -0.444 e. The van der Waals surface area contributed by atoms with E-state index in [1.54, 1.807) is 58.6 Å². The van der Waals surface area contributed by atoms with Crippen molar-refractivity contribution in [2.75, 3.05) is 26.2 Å². The second-order valence-corrected chi connectivity index (χ2v) is 11.4. The number of rotatable bonds is 9. The molecule has 1 aliphatic rings. The lowest BCUT2D eigenvalue weighted by atomic mass is 9.94. The number of ether oxygens (including phenoxy) is 2. The van der Waals surface area contributed by atoms with E-state index in [1.165, 1.54) is 4.90 Å². The van der Waals surface area contributed by atoms with Crippen molar-refractivity contribution in [2.45, 2.75) is 72.0 Å². The van der Waals surface area contributed by atoms with Crippen LogP contribution in [0.2, 0.25) is 0 Å². The number of nitrogens with one attached hydrogen (secondary N) is 1. The van der Waals surface area contributed by atoms with Gasteiger partial charge in [0.2, 0.25) is 0 Å². The molecule has 0 saturated carbocycles. The predicted octanol–water partition coefficient (Wildman–Crippen LogP) is 5.37. The maximum absolute atomic E-state index is 13.1. The van der Waals surface area contributed by atoms with Gasteiger partial charge in [-0.3, -0.25) is 14.5 Å². The number of benzene rings is 2. The number of carbonyl (C=O) groups is 4. The normalized spacial score (nSPS) is 13.5. The molecule has 3 rings (SSSR count). The van der Waals surface area contributed by atoms with Gasteiger partial charge >= 0.3 is 12.2 Å². The zero-order chi connectivity index (χ0) is 28.1. The van der Waals surface area contributed by atoms with Crippen molar-refractivity contribution in [3.8, 4) is 0 Å². The number of hydrogen-bond acceptors (Lipinski definition) is 6. The lowest BCUT2D eigenvalue weighted by molar-refractivity contribution is 0.0241. The maximum Gasteiger partial charge on any atom is 0.410 e. The summed E-state index contributed by atoms with van der Waals surface area (Å²) in [5.41, 5.74) is -0.167.